The summed E-state index contributed by atoms with van der Waals surface area (Å²) in [5, 5.41) is 0. The lowest BCUT2D eigenvalue weighted by Crippen LogP contribution is -2.14. The first-order chi connectivity index (χ1) is 5.93. The van der Waals surface area contributed by atoms with E-state index in [1.54, 1.807) is 0 Å². The summed E-state index contributed by atoms with van der Waals surface area (Å²) < 4.78 is 10.5. The molecular formula is C10H20O2. The zero-order chi connectivity index (χ0) is 8.65. The minimum atomic E-state index is 0.479. The highest BCUT2D eigenvalue weighted by atomic mass is 16.7. The SMILES string of the molecule is CCOCOCC1CCCCC1. The molecule has 0 amide bonds. The van der Waals surface area contributed by atoms with Gasteiger partial charge in [0.1, 0.15) is 6.79 Å². The van der Waals surface area contributed by atoms with E-state index in [0.29, 0.717) is 6.79 Å². The second-order valence-electron chi connectivity index (χ2n) is 3.49. The maximum absolute atomic E-state index is 5.39. The summed E-state index contributed by atoms with van der Waals surface area (Å²) >= 11 is 0. The third-order valence-electron chi connectivity index (χ3n) is 2.45. The van der Waals surface area contributed by atoms with Gasteiger partial charge in [-0.3, -0.25) is 0 Å². The van der Waals surface area contributed by atoms with Crippen LogP contribution >= 0.6 is 0 Å². The normalized spacial score (nSPS) is 19.8. The van der Waals surface area contributed by atoms with Crippen LogP contribution in [0.25, 0.3) is 0 Å². The van der Waals surface area contributed by atoms with Gasteiger partial charge in [-0.15, -0.1) is 0 Å². The summed E-state index contributed by atoms with van der Waals surface area (Å²) in [6.45, 7) is 4.13. The molecule has 0 radical (unpaired) electrons. The van der Waals surface area contributed by atoms with Gasteiger partial charge in [-0.1, -0.05) is 19.3 Å². The number of hydrogen-bond donors (Lipinski definition) is 0. The number of hydrogen-bond acceptors (Lipinski definition) is 2. The molecule has 1 aliphatic rings. The van der Waals surface area contributed by atoms with Crippen molar-refractivity contribution >= 4 is 0 Å². The minimum Gasteiger partial charge on any atom is -0.356 e. The summed E-state index contributed by atoms with van der Waals surface area (Å²) in [5.74, 6) is 0.805. The Labute approximate surface area is 75.2 Å². The zero-order valence-electron chi connectivity index (χ0n) is 8.05. The average molecular weight is 172 g/mol. The van der Waals surface area contributed by atoms with Crippen LogP contribution in [0.5, 0.6) is 0 Å². The quantitative estimate of drug-likeness (QED) is 0.469. The average Bonchev–Trinajstić information content (AvgIpc) is 2.14. The Morgan fingerprint density at radius 3 is 2.50 bits per heavy atom. The molecule has 2 nitrogen and oxygen atoms in total. The van der Waals surface area contributed by atoms with Crippen molar-refractivity contribution in [3.05, 3.63) is 0 Å². The van der Waals surface area contributed by atoms with Gasteiger partial charge in [0.05, 0.1) is 6.61 Å². The van der Waals surface area contributed by atoms with E-state index < -0.39 is 0 Å². The first kappa shape index (κ1) is 10.0. The molecule has 2 heteroatoms. The van der Waals surface area contributed by atoms with Gasteiger partial charge in [-0.25, -0.2) is 0 Å². The van der Waals surface area contributed by atoms with Gasteiger partial charge in [-0.2, -0.15) is 0 Å². The van der Waals surface area contributed by atoms with Crippen molar-refractivity contribution in [1.29, 1.82) is 0 Å². The van der Waals surface area contributed by atoms with Crippen LogP contribution in [0.3, 0.4) is 0 Å². The predicted molar refractivity (Wildman–Crippen MR) is 49.0 cm³/mol. The van der Waals surface area contributed by atoms with Crippen molar-refractivity contribution in [3.63, 3.8) is 0 Å². The van der Waals surface area contributed by atoms with Gasteiger partial charge < -0.3 is 9.47 Å². The van der Waals surface area contributed by atoms with Gasteiger partial charge in [0.15, 0.2) is 0 Å². The highest BCUT2D eigenvalue weighted by Gasteiger charge is 2.12. The van der Waals surface area contributed by atoms with Crippen LogP contribution in [0.2, 0.25) is 0 Å². The lowest BCUT2D eigenvalue weighted by Gasteiger charge is -2.20. The van der Waals surface area contributed by atoms with E-state index in [0.717, 1.165) is 19.1 Å². The van der Waals surface area contributed by atoms with Crippen LogP contribution in [-0.4, -0.2) is 20.0 Å². The second-order valence-corrected chi connectivity index (χ2v) is 3.49. The lowest BCUT2D eigenvalue weighted by atomic mass is 9.90. The van der Waals surface area contributed by atoms with E-state index in [1.807, 2.05) is 6.92 Å². The van der Waals surface area contributed by atoms with E-state index in [1.165, 1.54) is 32.1 Å². The largest absolute Gasteiger partial charge is 0.356 e. The third kappa shape index (κ3) is 4.07. The molecular weight excluding hydrogens is 152 g/mol. The van der Waals surface area contributed by atoms with E-state index >= 15 is 0 Å². The molecule has 0 N–H and O–H groups in total. The van der Waals surface area contributed by atoms with Crippen LogP contribution in [0, 0.1) is 5.92 Å². The molecule has 12 heavy (non-hydrogen) atoms. The van der Waals surface area contributed by atoms with Gasteiger partial charge in [0, 0.05) is 6.61 Å². The van der Waals surface area contributed by atoms with Crippen LogP contribution in [-0.2, 0) is 9.47 Å². The molecule has 1 aliphatic carbocycles. The van der Waals surface area contributed by atoms with Crippen LogP contribution in [0.1, 0.15) is 39.0 Å². The van der Waals surface area contributed by atoms with Gasteiger partial charge in [-0.05, 0) is 25.7 Å². The molecule has 1 saturated carbocycles. The molecule has 0 atom stereocenters. The molecule has 72 valence electrons. The van der Waals surface area contributed by atoms with Gasteiger partial charge in [0.2, 0.25) is 0 Å². The smallest absolute Gasteiger partial charge is 0.146 e. The lowest BCUT2D eigenvalue weighted by molar-refractivity contribution is -0.0634. The van der Waals surface area contributed by atoms with E-state index in [4.69, 9.17) is 9.47 Å². The highest BCUT2D eigenvalue weighted by Crippen LogP contribution is 2.23. The molecule has 0 saturated heterocycles. The molecule has 0 aromatic heterocycles. The fraction of sp³-hybridized carbons (Fsp3) is 1.00. The van der Waals surface area contributed by atoms with E-state index in [-0.39, 0.29) is 0 Å². The Hall–Kier alpha value is -0.0800. The van der Waals surface area contributed by atoms with Crippen molar-refractivity contribution in [1.82, 2.24) is 0 Å². The molecule has 0 unspecified atom stereocenters. The minimum absolute atomic E-state index is 0.479. The summed E-state index contributed by atoms with van der Waals surface area (Å²) in [6.07, 6.45) is 6.91. The van der Waals surface area contributed by atoms with E-state index in [9.17, 15) is 0 Å². The topological polar surface area (TPSA) is 18.5 Å². The fourth-order valence-corrected chi connectivity index (χ4v) is 1.71. The maximum atomic E-state index is 5.39. The van der Waals surface area contributed by atoms with Gasteiger partial charge >= 0.3 is 0 Å². The third-order valence-corrected chi connectivity index (χ3v) is 2.45. The fourth-order valence-electron chi connectivity index (χ4n) is 1.71. The maximum Gasteiger partial charge on any atom is 0.146 e. The summed E-state index contributed by atoms with van der Waals surface area (Å²) in [7, 11) is 0. The predicted octanol–water partition coefficient (Wildman–Crippen LogP) is 2.58. The summed E-state index contributed by atoms with van der Waals surface area (Å²) in [6, 6.07) is 0. The van der Waals surface area contributed by atoms with Crippen molar-refractivity contribution in [2.75, 3.05) is 20.0 Å². The Morgan fingerprint density at radius 2 is 1.83 bits per heavy atom. The first-order valence-corrected chi connectivity index (χ1v) is 5.09. The van der Waals surface area contributed by atoms with Crippen molar-refractivity contribution < 1.29 is 9.47 Å². The second kappa shape index (κ2) is 6.44. The molecule has 0 spiro atoms. The molecule has 0 aromatic rings. The Kier molecular flexibility index (Phi) is 5.37. The number of rotatable bonds is 5. The summed E-state index contributed by atoms with van der Waals surface area (Å²) in [4.78, 5) is 0. The first-order valence-electron chi connectivity index (χ1n) is 5.09. The van der Waals surface area contributed by atoms with Crippen LogP contribution in [0.15, 0.2) is 0 Å². The Morgan fingerprint density at radius 1 is 1.08 bits per heavy atom. The summed E-state index contributed by atoms with van der Waals surface area (Å²) in [5.41, 5.74) is 0. The van der Waals surface area contributed by atoms with Crippen molar-refractivity contribution in [3.8, 4) is 0 Å². The van der Waals surface area contributed by atoms with Crippen molar-refractivity contribution in [2.24, 2.45) is 5.92 Å². The zero-order valence-corrected chi connectivity index (χ0v) is 8.05. The highest BCUT2D eigenvalue weighted by molar-refractivity contribution is 4.64. The van der Waals surface area contributed by atoms with Crippen molar-refractivity contribution in [2.45, 2.75) is 39.0 Å². The number of ether oxygens (including phenoxy) is 2. The Bertz CT molecular complexity index is 98.0. The molecule has 1 fully saturated rings. The van der Waals surface area contributed by atoms with Crippen LogP contribution in [0.4, 0.5) is 0 Å². The standard InChI is InChI=1S/C10H20O2/c1-2-11-9-12-8-10-6-4-3-5-7-10/h10H,2-9H2,1H3. The molecule has 0 heterocycles. The molecule has 0 aromatic carbocycles. The van der Waals surface area contributed by atoms with E-state index in [2.05, 4.69) is 0 Å². The molecule has 1 rings (SSSR count). The van der Waals surface area contributed by atoms with Gasteiger partial charge in [0.25, 0.3) is 0 Å². The molecule has 0 aliphatic heterocycles. The van der Waals surface area contributed by atoms with Crippen LogP contribution < -0.4 is 0 Å². The monoisotopic (exact) mass is 172 g/mol. The molecule has 0 bridgehead atoms. The Balaban J connectivity index is 1.91.